The highest BCUT2D eigenvalue weighted by atomic mass is 16.6. The van der Waals surface area contributed by atoms with Crippen molar-refractivity contribution in [1.82, 2.24) is 4.98 Å². The van der Waals surface area contributed by atoms with E-state index in [1.165, 1.54) is 0 Å². The van der Waals surface area contributed by atoms with Gasteiger partial charge in [0.1, 0.15) is 0 Å². The number of carboxylic acids is 1. The fourth-order valence-electron chi connectivity index (χ4n) is 1.44. The zero-order valence-corrected chi connectivity index (χ0v) is 11.2. The van der Waals surface area contributed by atoms with Gasteiger partial charge in [-0.25, -0.2) is 9.78 Å². The van der Waals surface area contributed by atoms with Gasteiger partial charge in [-0.05, 0) is 12.5 Å². The van der Waals surface area contributed by atoms with Gasteiger partial charge in [0.05, 0.1) is 11.5 Å². The molecule has 8 heteroatoms. The number of nitrogens with one attached hydrogen (secondary N) is 1. The van der Waals surface area contributed by atoms with Crippen LogP contribution >= 0.6 is 0 Å². The molecule has 0 amide bonds. The second-order valence-corrected chi connectivity index (χ2v) is 4.02. The van der Waals surface area contributed by atoms with E-state index in [4.69, 9.17) is 9.84 Å². The number of ether oxygens (including phenoxy) is 1. The van der Waals surface area contributed by atoms with Crippen molar-refractivity contribution in [3.05, 3.63) is 27.9 Å². The smallest absolute Gasteiger partial charge is 0.354 e. The first-order valence-corrected chi connectivity index (χ1v) is 6.26. The van der Waals surface area contributed by atoms with Gasteiger partial charge >= 0.3 is 11.7 Å². The van der Waals surface area contributed by atoms with Crippen LogP contribution in [0.1, 0.15) is 30.3 Å². The maximum absolute atomic E-state index is 10.8. The zero-order chi connectivity index (χ0) is 15.0. The fourth-order valence-corrected chi connectivity index (χ4v) is 1.44. The third-order valence-electron chi connectivity index (χ3n) is 2.47. The molecule has 0 aliphatic rings. The van der Waals surface area contributed by atoms with E-state index in [1.54, 1.807) is 0 Å². The lowest BCUT2D eigenvalue weighted by molar-refractivity contribution is -0.384. The number of aromatic carboxylic acids is 1. The summed E-state index contributed by atoms with van der Waals surface area (Å²) in [5.41, 5.74) is -0.506. The van der Waals surface area contributed by atoms with E-state index in [-0.39, 0.29) is 17.2 Å². The van der Waals surface area contributed by atoms with E-state index >= 15 is 0 Å². The summed E-state index contributed by atoms with van der Waals surface area (Å²) in [4.78, 5) is 24.7. The lowest BCUT2D eigenvalue weighted by Gasteiger charge is -2.07. The summed E-state index contributed by atoms with van der Waals surface area (Å²) in [6.45, 7) is 3.37. The SMILES string of the molecule is CCCCOCCNc1nc(C(=O)O)ccc1[N+](=O)[O-]. The Kier molecular flexibility index (Phi) is 6.38. The van der Waals surface area contributed by atoms with Crippen molar-refractivity contribution in [3.63, 3.8) is 0 Å². The zero-order valence-electron chi connectivity index (χ0n) is 11.2. The molecule has 1 rings (SSSR count). The largest absolute Gasteiger partial charge is 0.477 e. The quantitative estimate of drug-likeness (QED) is 0.404. The second kappa shape index (κ2) is 8.05. The lowest BCUT2D eigenvalue weighted by Crippen LogP contribution is -2.13. The van der Waals surface area contributed by atoms with Crippen LogP contribution in [0.4, 0.5) is 11.5 Å². The number of hydrogen-bond acceptors (Lipinski definition) is 6. The molecule has 0 unspecified atom stereocenters. The highest BCUT2D eigenvalue weighted by molar-refractivity contribution is 5.86. The third kappa shape index (κ3) is 4.81. The molecule has 0 bridgehead atoms. The van der Waals surface area contributed by atoms with Crippen LogP contribution in [0.25, 0.3) is 0 Å². The van der Waals surface area contributed by atoms with Gasteiger partial charge in [0.2, 0.25) is 5.82 Å². The minimum atomic E-state index is -1.23. The molecule has 0 spiro atoms. The first kappa shape index (κ1) is 15.8. The summed E-state index contributed by atoms with van der Waals surface area (Å²) in [6.07, 6.45) is 1.98. The van der Waals surface area contributed by atoms with Crippen LogP contribution < -0.4 is 5.32 Å². The van der Waals surface area contributed by atoms with Crippen LogP contribution in [0.3, 0.4) is 0 Å². The molecule has 20 heavy (non-hydrogen) atoms. The normalized spacial score (nSPS) is 10.2. The molecule has 0 radical (unpaired) electrons. The molecule has 0 atom stereocenters. The standard InChI is InChI=1S/C12H17N3O5/c1-2-3-7-20-8-6-13-11-10(15(18)19)5-4-9(14-11)12(16)17/h4-5H,2-3,6-8H2,1H3,(H,13,14)(H,16,17). The van der Waals surface area contributed by atoms with E-state index < -0.39 is 10.9 Å². The lowest BCUT2D eigenvalue weighted by atomic mass is 10.3. The number of pyridine rings is 1. The molecular formula is C12H17N3O5. The molecule has 0 aliphatic carbocycles. The molecule has 0 aliphatic heterocycles. The van der Waals surface area contributed by atoms with Crippen molar-refractivity contribution in [2.24, 2.45) is 0 Å². The van der Waals surface area contributed by atoms with Gasteiger partial charge < -0.3 is 15.2 Å². The Labute approximate surface area is 115 Å². The van der Waals surface area contributed by atoms with Crippen molar-refractivity contribution < 1.29 is 19.6 Å². The van der Waals surface area contributed by atoms with Gasteiger partial charge in [0, 0.05) is 19.2 Å². The summed E-state index contributed by atoms with van der Waals surface area (Å²) in [5.74, 6) is -1.30. The van der Waals surface area contributed by atoms with Crippen LogP contribution in [0.5, 0.6) is 0 Å². The topological polar surface area (TPSA) is 115 Å². The molecule has 0 saturated heterocycles. The number of unbranched alkanes of at least 4 members (excludes halogenated alkanes) is 1. The van der Waals surface area contributed by atoms with Gasteiger partial charge in [0.25, 0.3) is 0 Å². The molecular weight excluding hydrogens is 266 g/mol. The number of hydrogen-bond donors (Lipinski definition) is 2. The third-order valence-corrected chi connectivity index (χ3v) is 2.47. The highest BCUT2D eigenvalue weighted by Gasteiger charge is 2.17. The molecule has 110 valence electrons. The van der Waals surface area contributed by atoms with Gasteiger partial charge in [-0.1, -0.05) is 13.3 Å². The second-order valence-electron chi connectivity index (χ2n) is 4.02. The van der Waals surface area contributed by atoms with Crippen molar-refractivity contribution in [3.8, 4) is 0 Å². The summed E-state index contributed by atoms with van der Waals surface area (Å²) in [7, 11) is 0. The number of carboxylic acid groups (broad SMARTS) is 1. The average Bonchev–Trinajstić information content (AvgIpc) is 2.42. The molecule has 0 saturated carbocycles. The van der Waals surface area contributed by atoms with Crippen LogP contribution in [-0.2, 0) is 4.74 Å². The molecule has 0 fully saturated rings. The Morgan fingerprint density at radius 2 is 2.25 bits per heavy atom. The number of nitro groups is 1. The Hall–Kier alpha value is -2.22. The molecule has 1 aromatic heterocycles. The summed E-state index contributed by atoms with van der Waals surface area (Å²) >= 11 is 0. The first-order chi connectivity index (χ1) is 9.56. The average molecular weight is 283 g/mol. The molecule has 2 N–H and O–H groups in total. The van der Waals surface area contributed by atoms with Crippen LogP contribution in [0, 0.1) is 10.1 Å². The number of aromatic nitrogens is 1. The summed E-state index contributed by atoms with van der Waals surface area (Å²) in [6, 6.07) is 2.22. The molecule has 0 aromatic carbocycles. The number of nitrogens with zero attached hydrogens (tertiary/aromatic N) is 2. The van der Waals surface area contributed by atoms with E-state index in [0.717, 1.165) is 25.0 Å². The minimum Gasteiger partial charge on any atom is -0.477 e. The highest BCUT2D eigenvalue weighted by Crippen LogP contribution is 2.21. The van der Waals surface area contributed by atoms with E-state index in [1.807, 2.05) is 6.92 Å². The first-order valence-electron chi connectivity index (χ1n) is 6.26. The predicted octanol–water partition coefficient (Wildman–Crippen LogP) is 1.92. The minimum absolute atomic E-state index is 0.0611. The van der Waals surface area contributed by atoms with E-state index in [2.05, 4.69) is 10.3 Å². The van der Waals surface area contributed by atoms with Crippen molar-refractivity contribution in [1.29, 1.82) is 0 Å². The Balaban J connectivity index is 2.63. The number of anilines is 1. The summed E-state index contributed by atoms with van der Waals surface area (Å²) < 4.78 is 5.30. The van der Waals surface area contributed by atoms with Crippen molar-refractivity contribution in [2.45, 2.75) is 19.8 Å². The molecule has 8 nitrogen and oxygen atoms in total. The van der Waals surface area contributed by atoms with Gasteiger partial charge in [-0.2, -0.15) is 0 Å². The molecule has 1 heterocycles. The Bertz CT molecular complexity index is 478. The molecule has 1 aromatic rings. The fraction of sp³-hybridized carbons (Fsp3) is 0.500. The number of rotatable bonds is 9. The maximum Gasteiger partial charge on any atom is 0.354 e. The van der Waals surface area contributed by atoms with Gasteiger partial charge in [0.15, 0.2) is 5.69 Å². The van der Waals surface area contributed by atoms with Gasteiger partial charge in [-0.3, -0.25) is 10.1 Å². The number of carbonyl (C=O) groups is 1. The van der Waals surface area contributed by atoms with Crippen molar-refractivity contribution >= 4 is 17.5 Å². The monoisotopic (exact) mass is 283 g/mol. The van der Waals surface area contributed by atoms with Gasteiger partial charge in [-0.15, -0.1) is 0 Å². The van der Waals surface area contributed by atoms with Crippen LogP contribution in [0.15, 0.2) is 12.1 Å². The maximum atomic E-state index is 10.8. The Morgan fingerprint density at radius 1 is 1.50 bits per heavy atom. The van der Waals surface area contributed by atoms with Crippen molar-refractivity contribution in [2.75, 3.05) is 25.1 Å². The summed E-state index contributed by atoms with van der Waals surface area (Å²) in [5, 5.41) is 22.4. The Morgan fingerprint density at radius 3 is 2.85 bits per heavy atom. The van der Waals surface area contributed by atoms with E-state index in [0.29, 0.717) is 19.8 Å². The van der Waals surface area contributed by atoms with Crippen LogP contribution in [-0.4, -0.2) is 40.7 Å². The van der Waals surface area contributed by atoms with E-state index in [9.17, 15) is 14.9 Å². The predicted molar refractivity (Wildman–Crippen MR) is 72.1 cm³/mol. The van der Waals surface area contributed by atoms with Crippen LogP contribution in [0.2, 0.25) is 0 Å².